The lowest BCUT2D eigenvalue weighted by molar-refractivity contribution is 0.531. The summed E-state index contributed by atoms with van der Waals surface area (Å²) in [5.41, 5.74) is 1.97. The van der Waals surface area contributed by atoms with Crippen LogP contribution in [0.1, 0.15) is 5.76 Å². The molecule has 0 bridgehead atoms. The Morgan fingerprint density at radius 3 is 2.43 bits per heavy atom. The number of rotatable bonds is 4. The molecule has 1 heterocycles. The van der Waals surface area contributed by atoms with Crippen molar-refractivity contribution < 1.29 is 4.42 Å². The monoisotopic (exact) mass is 317 g/mol. The summed E-state index contributed by atoms with van der Waals surface area (Å²) in [4.78, 5) is 0. The minimum absolute atomic E-state index is 0.533. The molecule has 2 nitrogen and oxygen atoms in total. The number of hydrogen-bond acceptors (Lipinski definition) is 2. The predicted octanol–water partition coefficient (Wildman–Crippen LogP) is 5.87. The highest BCUT2D eigenvalue weighted by Gasteiger charge is 2.05. The van der Waals surface area contributed by atoms with E-state index in [0.29, 0.717) is 16.6 Å². The topological polar surface area (TPSA) is 25.2 Å². The summed E-state index contributed by atoms with van der Waals surface area (Å²) in [5, 5.41) is 4.34. The van der Waals surface area contributed by atoms with Gasteiger partial charge in [0.25, 0.3) is 0 Å². The van der Waals surface area contributed by atoms with Gasteiger partial charge in [0, 0.05) is 11.3 Å². The summed E-state index contributed by atoms with van der Waals surface area (Å²) >= 11 is 11.9. The van der Waals surface area contributed by atoms with Crippen molar-refractivity contribution in [3.05, 3.63) is 76.5 Å². The molecule has 0 unspecified atom stereocenters. The zero-order valence-corrected chi connectivity index (χ0v) is 12.7. The third kappa shape index (κ3) is 3.41. The first-order valence-corrected chi connectivity index (χ1v) is 7.31. The molecule has 0 spiro atoms. The summed E-state index contributed by atoms with van der Waals surface area (Å²) in [6.45, 7) is 0.588. The lowest BCUT2D eigenvalue weighted by Gasteiger charge is -2.05. The molecular weight excluding hydrogens is 305 g/mol. The van der Waals surface area contributed by atoms with Crippen molar-refractivity contribution >= 4 is 28.9 Å². The summed E-state index contributed by atoms with van der Waals surface area (Å²) in [6, 6.07) is 19.4. The summed E-state index contributed by atoms with van der Waals surface area (Å²) < 4.78 is 5.82. The third-order valence-corrected chi connectivity index (χ3v) is 3.85. The second-order valence-electron chi connectivity index (χ2n) is 4.61. The highest BCUT2D eigenvalue weighted by molar-refractivity contribution is 6.42. The van der Waals surface area contributed by atoms with Gasteiger partial charge in [-0.3, -0.25) is 0 Å². The van der Waals surface area contributed by atoms with Gasteiger partial charge < -0.3 is 9.73 Å². The van der Waals surface area contributed by atoms with E-state index in [9.17, 15) is 0 Å². The van der Waals surface area contributed by atoms with Gasteiger partial charge in [0.1, 0.15) is 11.5 Å². The molecule has 0 saturated heterocycles. The molecule has 4 heteroatoms. The van der Waals surface area contributed by atoms with Crippen LogP contribution in [0.15, 0.2) is 65.1 Å². The van der Waals surface area contributed by atoms with Gasteiger partial charge in [0.2, 0.25) is 0 Å². The van der Waals surface area contributed by atoms with Gasteiger partial charge >= 0.3 is 0 Å². The van der Waals surface area contributed by atoms with Gasteiger partial charge in [-0.2, -0.15) is 0 Å². The number of benzene rings is 2. The number of halogens is 2. The standard InChI is InChI=1S/C17H13Cl2NO/c18-15-8-6-13(10-16(15)19)20-11-14-7-9-17(21-14)12-4-2-1-3-5-12/h1-10,20H,11H2. The van der Waals surface area contributed by atoms with Crippen LogP contribution in [0.4, 0.5) is 5.69 Å². The van der Waals surface area contributed by atoms with E-state index in [0.717, 1.165) is 22.8 Å². The normalized spacial score (nSPS) is 10.6. The lowest BCUT2D eigenvalue weighted by Crippen LogP contribution is -1.97. The van der Waals surface area contributed by atoms with Crippen LogP contribution in [0.3, 0.4) is 0 Å². The van der Waals surface area contributed by atoms with E-state index in [-0.39, 0.29) is 0 Å². The number of nitrogens with one attached hydrogen (secondary N) is 1. The highest BCUT2D eigenvalue weighted by atomic mass is 35.5. The quantitative estimate of drug-likeness (QED) is 0.651. The van der Waals surface area contributed by atoms with Crippen LogP contribution < -0.4 is 5.32 Å². The first-order valence-electron chi connectivity index (χ1n) is 6.55. The molecule has 1 N–H and O–H groups in total. The largest absolute Gasteiger partial charge is 0.459 e. The number of hydrogen-bond donors (Lipinski definition) is 1. The van der Waals surface area contributed by atoms with Crippen LogP contribution in [0, 0.1) is 0 Å². The molecule has 0 radical (unpaired) electrons. The van der Waals surface area contributed by atoms with Crippen molar-refractivity contribution in [3.63, 3.8) is 0 Å². The van der Waals surface area contributed by atoms with Crippen LogP contribution in [-0.2, 0) is 6.54 Å². The van der Waals surface area contributed by atoms with Crippen LogP contribution in [0.2, 0.25) is 10.0 Å². The first-order chi connectivity index (χ1) is 10.2. The van der Waals surface area contributed by atoms with E-state index in [1.165, 1.54) is 0 Å². The van der Waals surface area contributed by atoms with Crippen molar-refractivity contribution in [1.82, 2.24) is 0 Å². The van der Waals surface area contributed by atoms with E-state index in [2.05, 4.69) is 5.32 Å². The Balaban J connectivity index is 1.69. The van der Waals surface area contributed by atoms with Crippen molar-refractivity contribution in [2.45, 2.75) is 6.54 Å². The molecule has 0 atom stereocenters. The van der Waals surface area contributed by atoms with Gasteiger partial charge in [-0.15, -0.1) is 0 Å². The maximum Gasteiger partial charge on any atom is 0.134 e. The second-order valence-corrected chi connectivity index (χ2v) is 5.43. The lowest BCUT2D eigenvalue weighted by atomic mass is 10.2. The minimum atomic E-state index is 0.533. The fraction of sp³-hybridized carbons (Fsp3) is 0.0588. The molecule has 0 fully saturated rings. The molecule has 0 amide bonds. The number of anilines is 1. The predicted molar refractivity (Wildman–Crippen MR) is 87.9 cm³/mol. The Bertz CT molecular complexity index is 738. The highest BCUT2D eigenvalue weighted by Crippen LogP contribution is 2.26. The van der Waals surface area contributed by atoms with Crippen LogP contribution in [-0.4, -0.2) is 0 Å². The van der Waals surface area contributed by atoms with Gasteiger partial charge in [-0.25, -0.2) is 0 Å². The van der Waals surface area contributed by atoms with Gasteiger partial charge in [-0.05, 0) is 30.3 Å². The van der Waals surface area contributed by atoms with Crippen LogP contribution in [0.25, 0.3) is 11.3 Å². The maximum absolute atomic E-state index is 5.98. The zero-order valence-electron chi connectivity index (χ0n) is 11.1. The summed E-state index contributed by atoms with van der Waals surface area (Å²) in [7, 11) is 0. The zero-order chi connectivity index (χ0) is 14.7. The van der Waals surface area contributed by atoms with Crippen molar-refractivity contribution in [2.75, 3.05) is 5.32 Å². The molecule has 1 aromatic heterocycles. The Hall–Kier alpha value is -1.90. The average molecular weight is 318 g/mol. The SMILES string of the molecule is Clc1ccc(NCc2ccc(-c3ccccc3)o2)cc1Cl. The number of furan rings is 1. The molecule has 0 aliphatic rings. The third-order valence-electron chi connectivity index (χ3n) is 3.11. The van der Waals surface area contributed by atoms with E-state index in [1.54, 1.807) is 12.1 Å². The Morgan fingerprint density at radius 1 is 0.857 bits per heavy atom. The molecule has 2 aromatic carbocycles. The molecule has 3 rings (SSSR count). The van der Waals surface area contributed by atoms with E-state index < -0.39 is 0 Å². The maximum atomic E-state index is 5.98. The smallest absolute Gasteiger partial charge is 0.134 e. The molecule has 3 aromatic rings. The minimum Gasteiger partial charge on any atom is -0.459 e. The van der Waals surface area contributed by atoms with Gasteiger partial charge in [0.05, 0.1) is 16.6 Å². The Labute approximate surface area is 133 Å². The molecule has 0 saturated carbocycles. The molecule has 21 heavy (non-hydrogen) atoms. The average Bonchev–Trinajstić information content (AvgIpc) is 2.98. The Morgan fingerprint density at radius 2 is 1.67 bits per heavy atom. The van der Waals surface area contributed by atoms with Crippen molar-refractivity contribution in [3.8, 4) is 11.3 Å². The molecule has 0 aliphatic heterocycles. The summed E-state index contributed by atoms with van der Waals surface area (Å²) in [6.07, 6.45) is 0. The molecule has 0 aliphatic carbocycles. The van der Waals surface area contributed by atoms with Crippen LogP contribution in [0.5, 0.6) is 0 Å². The van der Waals surface area contributed by atoms with Crippen molar-refractivity contribution in [2.24, 2.45) is 0 Å². The molecular formula is C17H13Cl2NO. The fourth-order valence-electron chi connectivity index (χ4n) is 2.03. The Kier molecular flexibility index (Phi) is 4.18. The van der Waals surface area contributed by atoms with E-state index >= 15 is 0 Å². The molecule has 106 valence electrons. The van der Waals surface area contributed by atoms with Gasteiger partial charge in [0.15, 0.2) is 0 Å². The fourth-order valence-corrected chi connectivity index (χ4v) is 2.32. The van der Waals surface area contributed by atoms with Crippen molar-refractivity contribution in [1.29, 1.82) is 0 Å². The van der Waals surface area contributed by atoms with E-state index in [4.69, 9.17) is 27.6 Å². The van der Waals surface area contributed by atoms with Crippen LogP contribution >= 0.6 is 23.2 Å². The second kappa shape index (κ2) is 6.25. The first kappa shape index (κ1) is 14.1. The van der Waals surface area contributed by atoms with E-state index in [1.807, 2.05) is 48.5 Å². The van der Waals surface area contributed by atoms with Gasteiger partial charge in [-0.1, -0.05) is 53.5 Å². The summed E-state index contributed by atoms with van der Waals surface area (Å²) in [5.74, 6) is 1.72.